The van der Waals surface area contributed by atoms with Gasteiger partial charge in [0.05, 0.1) is 10.5 Å². The first-order valence-corrected chi connectivity index (χ1v) is 6.40. The van der Waals surface area contributed by atoms with Crippen molar-refractivity contribution in [3.05, 3.63) is 50.8 Å². The maximum Gasteiger partial charge on any atom is 0.416 e. The average molecular weight is 309 g/mol. The number of H-pyrrole nitrogens is 2. The van der Waals surface area contributed by atoms with Gasteiger partial charge in [-0.25, -0.2) is 14.7 Å². The highest BCUT2D eigenvalue weighted by molar-refractivity contribution is 7.89. The van der Waals surface area contributed by atoms with Crippen LogP contribution in [0.25, 0.3) is 0 Å². The van der Waals surface area contributed by atoms with Gasteiger partial charge in [0, 0.05) is 0 Å². The molecule has 1 aromatic carbocycles. The zero-order valence-corrected chi connectivity index (χ0v) is 10.2. The summed E-state index contributed by atoms with van der Waals surface area (Å²) in [5.41, 5.74) is -3.58. The molecule has 1 heterocycles. The van der Waals surface area contributed by atoms with Crippen molar-refractivity contribution >= 4 is 10.0 Å². The Bertz CT molecular complexity index is 859. The van der Waals surface area contributed by atoms with Gasteiger partial charge in [-0.3, -0.25) is 4.98 Å². The number of benzene rings is 1. The molecule has 0 amide bonds. The van der Waals surface area contributed by atoms with E-state index in [0.29, 0.717) is 12.1 Å². The number of halogens is 3. The Balaban J connectivity index is 2.65. The molecule has 0 aliphatic heterocycles. The van der Waals surface area contributed by atoms with E-state index in [4.69, 9.17) is 0 Å². The monoisotopic (exact) mass is 309 g/mol. The van der Waals surface area contributed by atoms with Crippen LogP contribution in [-0.4, -0.2) is 22.6 Å². The number of hydrogen-bond acceptors (Lipinski definition) is 4. The second-order valence-corrected chi connectivity index (χ2v) is 5.45. The van der Waals surface area contributed by atoms with Crippen LogP contribution in [0.1, 0.15) is 5.56 Å². The maximum absolute atomic E-state index is 12.5. The SMILES string of the molecule is O=c1[nH]c(=O)n(S(=O)(=O)c2cccc(C(F)(F)F)c2)[nH]1. The van der Waals surface area contributed by atoms with E-state index in [1.165, 1.54) is 0 Å². The highest BCUT2D eigenvalue weighted by Gasteiger charge is 2.32. The summed E-state index contributed by atoms with van der Waals surface area (Å²) >= 11 is 0. The first-order valence-electron chi connectivity index (χ1n) is 4.96. The molecule has 0 unspecified atom stereocenters. The van der Waals surface area contributed by atoms with Crippen molar-refractivity contribution in [2.45, 2.75) is 11.1 Å². The molecule has 0 atom stereocenters. The van der Waals surface area contributed by atoms with Crippen LogP contribution in [0.5, 0.6) is 0 Å². The molecule has 0 spiro atoms. The van der Waals surface area contributed by atoms with Crippen molar-refractivity contribution in [3.63, 3.8) is 0 Å². The van der Waals surface area contributed by atoms with Crippen molar-refractivity contribution < 1.29 is 21.6 Å². The molecule has 108 valence electrons. The number of alkyl halides is 3. The minimum Gasteiger partial charge on any atom is -0.256 e. The molecule has 0 radical (unpaired) electrons. The molecular formula is C9H6F3N3O4S. The van der Waals surface area contributed by atoms with Crippen molar-refractivity contribution in [2.24, 2.45) is 0 Å². The number of nitrogens with one attached hydrogen (secondary N) is 2. The van der Waals surface area contributed by atoms with Gasteiger partial charge in [0.2, 0.25) is 0 Å². The minimum absolute atomic E-state index is 0.0647. The summed E-state index contributed by atoms with van der Waals surface area (Å²) in [7, 11) is -4.61. The summed E-state index contributed by atoms with van der Waals surface area (Å²) < 4.78 is 61.4. The molecule has 0 saturated heterocycles. The van der Waals surface area contributed by atoms with Crippen LogP contribution in [0.3, 0.4) is 0 Å². The molecule has 0 aliphatic carbocycles. The van der Waals surface area contributed by atoms with Gasteiger partial charge >= 0.3 is 17.6 Å². The second kappa shape index (κ2) is 4.37. The molecule has 0 bridgehead atoms. The van der Waals surface area contributed by atoms with E-state index in [1.807, 2.05) is 0 Å². The van der Waals surface area contributed by atoms with Crippen LogP contribution in [0.4, 0.5) is 13.2 Å². The van der Waals surface area contributed by atoms with E-state index in [-0.39, 0.29) is 4.09 Å². The van der Waals surface area contributed by atoms with E-state index in [2.05, 4.69) is 0 Å². The van der Waals surface area contributed by atoms with E-state index in [9.17, 15) is 31.2 Å². The van der Waals surface area contributed by atoms with E-state index in [0.717, 1.165) is 12.1 Å². The van der Waals surface area contributed by atoms with E-state index < -0.39 is 38.0 Å². The summed E-state index contributed by atoms with van der Waals surface area (Å²) in [6.45, 7) is 0. The van der Waals surface area contributed by atoms with Crippen LogP contribution < -0.4 is 11.4 Å². The molecule has 11 heteroatoms. The van der Waals surface area contributed by atoms with E-state index in [1.54, 1.807) is 10.1 Å². The summed E-state index contributed by atoms with van der Waals surface area (Å²) in [4.78, 5) is 22.9. The summed E-state index contributed by atoms with van der Waals surface area (Å²) in [5.74, 6) is 0. The van der Waals surface area contributed by atoms with Crippen molar-refractivity contribution in [1.29, 1.82) is 0 Å². The van der Waals surface area contributed by atoms with Gasteiger partial charge in [0.25, 0.3) is 10.0 Å². The quantitative estimate of drug-likeness (QED) is 0.822. The molecular weight excluding hydrogens is 303 g/mol. The Morgan fingerprint density at radius 2 is 1.80 bits per heavy atom. The van der Waals surface area contributed by atoms with Gasteiger partial charge in [-0.15, -0.1) is 4.09 Å². The normalized spacial score (nSPS) is 12.6. The first kappa shape index (κ1) is 14.1. The largest absolute Gasteiger partial charge is 0.416 e. The molecule has 2 aromatic rings. The van der Waals surface area contributed by atoms with Crippen LogP contribution in [-0.2, 0) is 16.2 Å². The molecule has 2 rings (SSSR count). The predicted octanol–water partition coefficient (Wildman–Crippen LogP) is 0.120. The number of hydrogen-bond donors (Lipinski definition) is 2. The van der Waals surface area contributed by atoms with Gasteiger partial charge in [-0.1, -0.05) is 6.07 Å². The van der Waals surface area contributed by atoms with Crippen molar-refractivity contribution in [1.82, 2.24) is 14.2 Å². The van der Waals surface area contributed by atoms with Gasteiger partial charge in [0.15, 0.2) is 0 Å². The third-order valence-electron chi connectivity index (χ3n) is 2.31. The third-order valence-corrected chi connectivity index (χ3v) is 3.90. The Morgan fingerprint density at radius 1 is 1.15 bits per heavy atom. The van der Waals surface area contributed by atoms with Crippen LogP contribution >= 0.6 is 0 Å². The Hall–Kier alpha value is -2.30. The molecule has 0 aliphatic rings. The zero-order chi connectivity index (χ0) is 15.1. The first-order chi connectivity index (χ1) is 9.12. The molecule has 7 nitrogen and oxygen atoms in total. The lowest BCUT2D eigenvalue weighted by Gasteiger charge is -2.08. The molecule has 0 saturated carbocycles. The summed E-state index contributed by atoms with van der Waals surface area (Å²) in [6, 6.07) is 2.81. The topological polar surface area (TPSA) is 105 Å². The number of rotatable bonds is 2. The molecule has 0 fully saturated rings. The standard InChI is InChI=1S/C9H6F3N3O4S/c10-9(11,12)5-2-1-3-6(4-5)20(18,19)15-8(17)13-7(16)14-15/h1-4H,(H2,13,14,16,17). The Kier molecular flexibility index (Phi) is 3.08. The fourth-order valence-corrected chi connectivity index (χ4v) is 2.63. The highest BCUT2D eigenvalue weighted by Crippen LogP contribution is 2.30. The minimum atomic E-state index is -4.73. The predicted molar refractivity (Wildman–Crippen MR) is 59.7 cm³/mol. The zero-order valence-electron chi connectivity index (χ0n) is 9.43. The van der Waals surface area contributed by atoms with Gasteiger partial charge in [-0.05, 0) is 18.2 Å². The Labute approximate surface area is 108 Å². The number of nitrogens with zero attached hydrogens (tertiary/aromatic N) is 1. The van der Waals surface area contributed by atoms with Crippen molar-refractivity contribution in [3.8, 4) is 0 Å². The highest BCUT2D eigenvalue weighted by atomic mass is 32.2. The van der Waals surface area contributed by atoms with Gasteiger partial charge in [-0.2, -0.15) is 21.6 Å². The lowest BCUT2D eigenvalue weighted by atomic mass is 10.2. The number of aromatic nitrogens is 3. The fraction of sp³-hybridized carbons (Fsp3) is 0.111. The molecule has 2 N–H and O–H groups in total. The lowest BCUT2D eigenvalue weighted by Crippen LogP contribution is -2.26. The summed E-state index contributed by atoms with van der Waals surface area (Å²) in [5, 5.41) is 1.67. The fourth-order valence-electron chi connectivity index (χ4n) is 1.43. The number of aromatic amines is 2. The Morgan fingerprint density at radius 3 is 2.30 bits per heavy atom. The van der Waals surface area contributed by atoms with Gasteiger partial charge < -0.3 is 0 Å². The maximum atomic E-state index is 12.5. The molecule has 20 heavy (non-hydrogen) atoms. The average Bonchev–Trinajstić information content (AvgIpc) is 2.68. The smallest absolute Gasteiger partial charge is 0.256 e. The van der Waals surface area contributed by atoms with Crippen molar-refractivity contribution in [2.75, 3.05) is 0 Å². The third kappa shape index (κ3) is 2.39. The molecule has 1 aromatic heterocycles. The van der Waals surface area contributed by atoms with E-state index >= 15 is 0 Å². The summed E-state index contributed by atoms with van der Waals surface area (Å²) in [6.07, 6.45) is -4.73. The second-order valence-electron chi connectivity index (χ2n) is 3.67. The van der Waals surface area contributed by atoms with Crippen LogP contribution in [0.15, 0.2) is 38.8 Å². The lowest BCUT2D eigenvalue weighted by molar-refractivity contribution is -0.137. The van der Waals surface area contributed by atoms with Crippen LogP contribution in [0, 0.1) is 0 Å². The van der Waals surface area contributed by atoms with Crippen LogP contribution in [0.2, 0.25) is 0 Å². The van der Waals surface area contributed by atoms with Gasteiger partial charge in [0.1, 0.15) is 0 Å².